The SMILES string of the molecule is CC(C)OCC(O)[C@@]1(O)CC[C@H]2[C@@H]3CCC4=CC(=O)C=C[C@]4(C)[C@H]3C(O)C[C@@]21C. The van der Waals surface area contributed by atoms with Crippen LogP contribution in [0.5, 0.6) is 0 Å². The molecule has 0 saturated heterocycles. The molecule has 4 rings (SSSR count). The normalized spacial score (nSPS) is 47.4. The number of hydrogen-bond acceptors (Lipinski definition) is 5. The third-order valence-corrected chi connectivity index (χ3v) is 8.85. The zero-order valence-electron chi connectivity index (χ0n) is 18.1. The highest BCUT2D eigenvalue weighted by Gasteiger charge is 2.67. The van der Waals surface area contributed by atoms with Gasteiger partial charge in [-0.1, -0.05) is 25.5 Å². The summed E-state index contributed by atoms with van der Waals surface area (Å²) >= 11 is 0. The van der Waals surface area contributed by atoms with Crippen LogP contribution >= 0.6 is 0 Å². The molecule has 4 aliphatic rings. The smallest absolute Gasteiger partial charge is 0.178 e. The summed E-state index contributed by atoms with van der Waals surface area (Å²) in [5, 5.41) is 33.9. The van der Waals surface area contributed by atoms with E-state index in [0.717, 1.165) is 24.8 Å². The second kappa shape index (κ2) is 7.01. The van der Waals surface area contributed by atoms with Crippen molar-refractivity contribution in [2.75, 3.05) is 6.61 Å². The molecule has 2 unspecified atom stereocenters. The Labute approximate surface area is 173 Å². The minimum Gasteiger partial charge on any atom is -0.393 e. The Morgan fingerprint density at radius 1 is 1.28 bits per heavy atom. The largest absolute Gasteiger partial charge is 0.393 e. The van der Waals surface area contributed by atoms with Crippen molar-refractivity contribution in [3.63, 3.8) is 0 Å². The van der Waals surface area contributed by atoms with Crippen LogP contribution in [-0.4, -0.2) is 51.6 Å². The lowest BCUT2D eigenvalue weighted by atomic mass is 9.46. The van der Waals surface area contributed by atoms with Gasteiger partial charge < -0.3 is 20.1 Å². The monoisotopic (exact) mass is 404 g/mol. The molecule has 0 bridgehead atoms. The molecule has 0 radical (unpaired) electrons. The fourth-order valence-electron chi connectivity index (χ4n) is 7.33. The van der Waals surface area contributed by atoms with Crippen molar-refractivity contribution >= 4 is 5.78 Å². The first-order valence-corrected chi connectivity index (χ1v) is 11.2. The molecule has 3 saturated carbocycles. The Morgan fingerprint density at radius 2 is 2.00 bits per heavy atom. The van der Waals surface area contributed by atoms with Gasteiger partial charge in [-0.15, -0.1) is 0 Å². The van der Waals surface area contributed by atoms with Crippen LogP contribution in [0.25, 0.3) is 0 Å². The van der Waals surface area contributed by atoms with Crippen molar-refractivity contribution in [1.82, 2.24) is 0 Å². The predicted molar refractivity (Wildman–Crippen MR) is 110 cm³/mol. The molecule has 0 aromatic heterocycles. The van der Waals surface area contributed by atoms with Crippen LogP contribution in [0, 0.1) is 28.6 Å². The van der Waals surface area contributed by atoms with Gasteiger partial charge in [0.1, 0.15) is 6.10 Å². The molecule has 8 atom stereocenters. The fourth-order valence-corrected chi connectivity index (χ4v) is 7.33. The van der Waals surface area contributed by atoms with Gasteiger partial charge in [0.2, 0.25) is 0 Å². The molecule has 5 nitrogen and oxygen atoms in total. The number of allylic oxidation sites excluding steroid dienone is 4. The summed E-state index contributed by atoms with van der Waals surface area (Å²) in [5.74, 6) is 0.570. The highest BCUT2D eigenvalue weighted by Crippen LogP contribution is 2.67. The zero-order chi connectivity index (χ0) is 21.2. The number of aliphatic hydroxyl groups is 3. The van der Waals surface area contributed by atoms with E-state index in [1.807, 2.05) is 19.9 Å². The first kappa shape index (κ1) is 21.2. The number of carbonyl (C=O) groups is 1. The van der Waals surface area contributed by atoms with Gasteiger partial charge in [-0.25, -0.2) is 0 Å². The van der Waals surface area contributed by atoms with Gasteiger partial charge in [-0.3, -0.25) is 4.79 Å². The van der Waals surface area contributed by atoms with E-state index in [0.29, 0.717) is 12.8 Å². The van der Waals surface area contributed by atoms with Gasteiger partial charge in [-0.05, 0) is 69.9 Å². The van der Waals surface area contributed by atoms with Crippen molar-refractivity contribution < 1.29 is 24.9 Å². The molecular weight excluding hydrogens is 368 g/mol. The van der Waals surface area contributed by atoms with Crippen LogP contribution in [0.1, 0.15) is 59.8 Å². The molecule has 0 spiro atoms. The van der Waals surface area contributed by atoms with Gasteiger partial charge in [0.05, 0.1) is 24.4 Å². The van der Waals surface area contributed by atoms with Crippen LogP contribution in [0.4, 0.5) is 0 Å². The Kier molecular flexibility index (Phi) is 5.13. The Morgan fingerprint density at radius 3 is 2.69 bits per heavy atom. The summed E-state index contributed by atoms with van der Waals surface area (Å²) < 4.78 is 5.62. The zero-order valence-corrected chi connectivity index (χ0v) is 18.1. The lowest BCUT2D eigenvalue weighted by Gasteiger charge is -2.60. The summed E-state index contributed by atoms with van der Waals surface area (Å²) in [6, 6.07) is 0. The lowest BCUT2D eigenvalue weighted by molar-refractivity contribution is -0.209. The standard InChI is InChI=1S/C24H36O5/c1-14(2)29-13-20(27)24(28)10-8-18-17-6-5-15-11-16(25)7-9-22(15,3)21(17)19(26)12-23(18,24)4/h7,9,11,14,17-21,26-28H,5-6,8,10,12-13H2,1-4H3/t17-,18-,19?,20?,21+,22-,23-,24-/m0/s1. The van der Waals surface area contributed by atoms with Crippen molar-refractivity contribution in [2.24, 2.45) is 28.6 Å². The van der Waals surface area contributed by atoms with Crippen LogP contribution in [0.15, 0.2) is 23.8 Å². The number of ether oxygens (including phenoxy) is 1. The van der Waals surface area contributed by atoms with E-state index in [1.54, 1.807) is 12.2 Å². The quantitative estimate of drug-likeness (QED) is 0.671. The summed E-state index contributed by atoms with van der Waals surface area (Å²) in [6.45, 7) is 8.14. The molecule has 29 heavy (non-hydrogen) atoms. The van der Waals surface area contributed by atoms with E-state index in [9.17, 15) is 20.1 Å². The summed E-state index contributed by atoms with van der Waals surface area (Å²) in [7, 11) is 0. The van der Waals surface area contributed by atoms with Crippen molar-refractivity contribution in [3.8, 4) is 0 Å². The van der Waals surface area contributed by atoms with Crippen LogP contribution in [0.2, 0.25) is 0 Å². The number of ketones is 1. The van der Waals surface area contributed by atoms with Gasteiger partial charge in [0.25, 0.3) is 0 Å². The highest BCUT2D eigenvalue weighted by molar-refractivity contribution is 6.01. The fraction of sp³-hybridized carbons (Fsp3) is 0.792. The molecule has 4 aliphatic carbocycles. The van der Waals surface area contributed by atoms with Gasteiger partial charge in [0, 0.05) is 16.7 Å². The number of hydrogen-bond donors (Lipinski definition) is 3. The number of rotatable bonds is 4. The second-order valence-corrected chi connectivity index (χ2v) is 10.6. The molecule has 0 amide bonds. The van der Waals surface area contributed by atoms with Gasteiger partial charge in [-0.2, -0.15) is 0 Å². The molecular formula is C24H36O5. The predicted octanol–water partition coefficient (Wildman–Crippen LogP) is 2.78. The third-order valence-electron chi connectivity index (χ3n) is 8.85. The second-order valence-electron chi connectivity index (χ2n) is 10.6. The molecule has 0 aromatic carbocycles. The minimum absolute atomic E-state index is 0.0103. The van der Waals surface area contributed by atoms with Crippen molar-refractivity contribution in [1.29, 1.82) is 0 Å². The van der Waals surface area contributed by atoms with Crippen molar-refractivity contribution in [3.05, 3.63) is 23.8 Å². The summed E-state index contributed by atoms with van der Waals surface area (Å²) in [6.07, 6.45) is 7.43. The number of carbonyl (C=O) groups excluding carboxylic acids is 1. The number of aliphatic hydroxyl groups excluding tert-OH is 2. The maximum atomic E-state index is 11.9. The summed E-state index contributed by atoms with van der Waals surface area (Å²) in [4.78, 5) is 11.9. The minimum atomic E-state index is -1.26. The van der Waals surface area contributed by atoms with Crippen LogP contribution < -0.4 is 0 Å². The summed E-state index contributed by atoms with van der Waals surface area (Å²) in [5.41, 5.74) is -0.988. The molecule has 162 valence electrons. The molecule has 0 aliphatic heterocycles. The Balaban J connectivity index is 1.65. The van der Waals surface area contributed by atoms with Crippen molar-refractivity contribution in [2.45, 2.75) is 83.7 Å². The first-order chi connectivity index (χ1) is 13.5. The third kappa shape index (κ3) is 3.00. The topological polar surface area (TPSA) is 87.0 Å². The Hall–Kier alpha value is -1.01. The molecule has 3 fully saturated rings. The van der Waals surface area contributed by atoms with E-state index in [-0.39, 0.29) is 41.7 Å². The van der Waals surface area contributed by atoms with E-state index in [1.165, 1.54) is 0 Å². The number of fused-ring (bicyclic) bond motifs is 5. The maximum Gasteiger partial charge on any atom is 0.178 e. The van der Waals surface area contributed by atoms with E-state index in [2.05, 4.69) is 13.8 Å². The maximum absolute atomic E-state index is 11.9. The van der Waals surface area contributed by atoms with E-state index < -0.39 is 23.2 Å². The van der Waals surface area contributed by atoms with E-state index >= 15 is 0 Å². The molecule has 3 N–H and O–H groups in total. The van der Waals surface area contributed by atoms with E-state index in [4.69, 9.17) is 4.74 Å². The molecule has 5 heteroatoms. The average molecular weight is 405 g/mol. The Bertz CT molecular complexity index is 742. The first-order valence-electron chi connectivity index (χ1n) is 11.2. The lowest BCUT2D eigenvalue weighted by Crippen LogP contribution is -2.62. The molecule has 0 aromatic rings. The highest BCUT2D eigenvalue weighted by atomic mass is 16.5. The van der Waals surface area contributed by atoms with Crippen LogP contribution in [-0.2, 0) is 9.53 Å². The van der Waals surface area contributed by atoms with Gasteiger partial charge in [0.15, 0.2) is 5.78 Å². The van der Waals surface area contributed by atoms with Crippen LogP contribution in [0.3, 0.4) is 0 Å². The molecule has 0 heterocycles. The average Bonchev–Trinajstić information content (AvgIpc) is 2.91. The van der Waals surface area contributed by atoms with Gasteiger partial charge >= 0.3 is 0 Å².